The first-order valence-electron chi connectivity index (χ1n) is 17.9. The van der Waals surface area contributed by atoms with E-state index in [0.29, 0.717) is 0 Å². The summed E-state index contributed by atoms with van der Waals surface area (Å²) in [6, 6.07) is 74.6. The Morgan fingerprint density at radius 1 is 0.308 bits per heavy atom. The lowest BCUT2D eigenvalue weighted by Gasteiger charge is -2.26. The first-order valence-corrected chi connectivity index (χ1v) is 17.9. The minimum absolute atomic E-state index is 1.11. The van der Waals surface area contributed by atoms with Crippen LogP contribution in [0, 0.1) is 0 Å². The highest BCUT2D eigenvalue weighted by molar-refractivity contribution is 6.14. The Hall–Kier alpha value is -6.90. The molecule has 1 aromatic heterocycles. The molecule has 0 aliphatic heterocycles. The third kappa shape index (κ3) is 5.04. The van der Waals surface area contributed by atoms with E-state index in [2.05, 4.69) is 216 Å². The van der Waals surface area contributed by atoms with E-state index in [-0.39, 0.29) is 0 Å². The molecular formula is C50H34N2. The molecule has 1 heterocycles. The Balaban J connectivity index is 1.02. The van der Waals surface area contributed by atoms with Crippen LogP contribution in [0.1, 0.15) is 0 Å². The van der Waals surface area contributed by atoms with E-state index >= 15 is 0 Å². The Bertz CT molecular complexity index is 2830. The van der Waals surface area contributed by atoms with Crippen LogP contribution in [0.15, 0.2) is 206 Å². The molecule has 0 fully saturated rings. The summed E-state index contributed by atoms with van der Waals surface area (Å²) < 4.78 is 2.38. The van der Waals surface area contributed by atoms with Gasteiger partial charge in [-0.05, 0) is 111 Å². The van der Waals surface area contributed by atoms with Gasteiger partial charge in [-0.1, -0.05) is 140 Å². The summed E-state index contributed by atoms with van der Waals surface area (Å²) in [7, 11) is 0. The summed E-state index contributed by atoms with van der Waals surface area (Å²) in [5.74, 6) is 0. The van der Waals surface area contributed by atoms with E-state index in [1.165, 1.54) is 65.6 Å². The molecule has 0 N–H and O–H groups in total. The molecular weight excluding hydrogens is 629 g/mol. The van der Waals surface area contributed by atoms with Crippen LogP contribution in [0.25, 0.3) is 71.3 Å². The van der Waals surface area contributed by atoms with Gasteiger partial charge in [-0.3, -0.25) is 0 Å². The van der Waals surface area contributed by atoms with E-state index in [1.54, 1.807) is 0 Å². The summed E-state index contributed by atoms with van der Waals surface area (Å²) in [5, 5.41) is 7.64. The largest absolute Gasteiger partial charge is 0.311 e. The summed E-state index contributed by atoms with van der Waals surface area (Å²) in [6.07, 6.45) is 0. The van der Waals surface area contributed by atoms with E-state index in [0.717, 1.165) is 22.7 Å². The van der Waals surface area contributed by atoms with Crippen molar-refractivity contribution in [2.75, 3.05) is 4.90 Å². The maximum Gasteiger partial charge on any atom is 0.0541 e. The second kappa shape index (κ2) is 12.5. The molecule has 10 aromatic rings. The monoisotopic (exact) mass is 662 g/mol. The Morgan fingerprint density at radius 2 is 0.827 bits per heavy atom. The first kappa shape index (κ1) is 30.0. The summed E-state index contributed by atoms with van der Waals surface area (Å²) in [6.45, 7) is 0. The van der Waals surface area contributed by atoms with Gasteiger partial charge in [0.05, 0.1) is 11.0 Å². The fraction of sp³-hybridized carbons (Fsp3) is 0. The molecule has 0 saturated heterocycles. The standard InChI is InChI=1S/C50H34N2/c1-2-15-39(16-3-1)51(41-31-27-36(28-32-41)48-34-38-13-4-5-18-43(38)44-19-6-7-20-45(44)48)40-29-25-35(26-30-40)37-14-12-17-42(33-37)52-49-23-10-8-21-46(49)47-22-9-11-24-50(47)52/h1-34H. The normalized spacial score (nSPS) is 11.5. The van der Waals surface area contributed by atoms with Crippen LogP contribution >= 0.6 is 0 Å². The van der Waals surface area contributed by atoms with Crippen molar-refractivity contribution in [1.29, 1.82) is 0 Å². The average molecular weight is 663 g/mol. The van der Waals surface area contributed by atoms with Crippen LogP contribution in [0.2, 0.25) is 0 Å². The zero-order valence-electron chi connectivity index (χ0n) is 28.5. The molecule has 52 heavy (non-hydrogen) atoms. The third-order valence-electron chi connectivity index (χ3n) is 10.4. The number of fused-ring (bicyclic) bond motifs is 6. The Morgan fingerprint density at radius 3 is 1.50 bits per heavy atom. The molecule has 2 nitrogen and oxygen atoms in total. The van der Waals surface area contributed by atoms with Crippen molar-refractivity contribution >= 4 is 60.4 Å². The molecule has 0 aliphatic carbocycles. The van der Waals surface area contributed by atoms with Gasteiger partial charge < -0.3 is 9.47 Å². The molecule has 0 aliphatic rings. The molecule has 0 atom stereocenters. The van der Waals surface area contributed by atoms with Crippen molar-refractivity contribution in [2.24, 2.45) is 0 Å². The molecule has 0 spiro atoms. The minimum Gasteiger partial charge on any atom is -0.311 e. The minimum atomic E-state index is 1.11. The number of anilines is 3. The highest BCUT2D eigenvalue weighted by Crippen LogP contribution is 2.40. The Labute approximate surface area is 303 Å². The zero-order valence-corrected chi connectivity index (χ0v) is 28.5. The highest BCUT2D eigenvalue weighted by atomic mass is 15.1. The van der Waals surface area contributed by atoms with Crippen molar-refractivity contribution < 1.29 is 0 Å². The van der Waals surface area contributed by atoms with Crippen molar-refractivity contribution in [2.45, 2.75) is 0 Å². The highest BCUT2D eigenvalue weighted by Gasteiger charge is 2.16. The third-order valence-corrected chi connectivity index (χ3v) is 10.4. The maximum absolute atomic E-state index is 2.38. The van der Waals surface area contributed by atoms with Crippen LogP contribution in [0.5, 0.6) is 0 Å². The maximum atomic E-state index is 2.38. The van der Waals surface area contributed by atoms with Crippen LogP contribution in [-0.2, 0) is 0 Å². The number of hydrogen-bond acceptors (Lipinski definition) is 1. The second-order valence-corrected chi connectivity index (χ2v) is 13.4. The number of benzene rings is 9. The van der Waals surface area contributed by atoms with Crippen LogP contribution in [0.3, 0.4) is 0 Å². The number of hydrogen-bond donors (Lipinski definition) is 0. The summed E-state index contributed by atoms with van der Waals surface area (Å²) in [4.78, 5) is 2.33. The van der Waals surface area contributed by atoms with Gasteiger partial charge in [0.1, 0.15) is 0 Å². The smallest absolute Gasteiger partial charge is 0.0541 e. The van der Waals surface area contributed by atoms with Crippen LogP contribution in [-0.4, -0.2) is 4.57 Å². The zero-order chi connectivity index (χ0) is 34.4. The first-order chi connectivity index (χ1) is 25.8. The van der Waals surface area contributed by atoms with Gasteiger partial charge in [0.2, 0.25) is 0 Å². The van der Waals surface area contributed by atoms with Crippen molar-refractivity contribution in [3.8, 4) is 27.9 Å². The predicted molar refractivity (Wildman–Crippen MR) is 221 cm³/mol. The van der Waals surface area contributed by atoms with Gasteiger partial charge in [0, 0.05) is 33.5 Å². The molecule has 0 bridgehead atoms. The van der Waals surface area contributed by atoms with Gasteiger partial charge in [0.25, 0.3) is 0 Å². The van der Waals surface area contributed by atoms with Crippen LogP contribution in [0.4, 0.5) is 17.1 Å². The number of para-hydroxylation sites is 3. The topological polar surface area (TPSA) is 8.17 Å². The predicted octanol–water partition coefficient (Wildman–Crippen LogP) is 13.9. The molecule has 0 unspecified atom stereocenters. The van der Waals surface area contributed by atoms with Crippen molar-refractivity contribution in [3.05, 3.63) is 206 Å². The Kier molecular flexibility index (Phi) is 7.18. The van der Waals surface area contributed by atoms with Gasteiger partial charge in [-0.25, -0.2) is 0 Å². The molecule has 9 aromatic carbocycles. The van der Waals surface area contributed by atoms with Crippen molar-refractivity contribution in [1.82, 2.24) is 4.57 Å². The van der Waals surface area contributed by atoms with E-state index in [1.807, 2.05) is 0 Å². The lowest BCUT2D eigenvalue weighted by Crippen LogP contribution is -2.09. The lowest BCUT2D eigenvalue weighted by molar-refractivity contribution is 1.18. The van der Waals surface area contributed by atoms with Crippen LogP contribution < -0.4 is 4.90 Å². The second-order valence-electron chi connectivity index (χ2n) is 13.4. The van der Waals surface area contributed by atoms with Crippen molar-refractivity contribution in [3.63, 3.8) is 0 Å². The van der Waals surface area contributed by atoms with Gasteiger partial charge in [-0.2, -0.15) is 0 Å². The number of nitrogens with zero attached hydrogens (tertiary/aromatic N) is 2. The number of rotatable bonds is 6. The van der Waals surface area contributed by atoms with E-state index < -0.39 is 0 Å². The molecule has 0 saturated carbocycles. The molecule has 0 radical (unpaired) electrons. The quantitative estimate of drug-likeness (QED) is 0.161. The van der Waals surface area contributed by atoms with E-state index in [4.69, 9.17) is 0 Å². The summed E-state index contributed by atoms with van der Waals surface area (Å²) >= 11 is 0. The molecule has 0 amide bonds. The molecule has 2 heteroatoms. The lowest BCUT2D eigenvalue weighted by atomic mass is 9.93. The fourth-order valence-electron chi connectivity index (χ4n) is 7.94. The van der Waals surface area contributed by atoms with Gasteiger partial charge >= 0.3 is 0 Å². The fourth-order valence-corrected chi connectivity index (χ4v) is 7.94. The van der Waals surface area contributed by atoms with Gasteiger partial charge in [0.15, 0.2) is 0 Å². The molecule has 244 valence electrons. The summed E-state index contributed by atoms with van der Waals surface area (Å²) in [5.41, 5.74) is 11.7. The SMILES string of the molecule is c1ccc(N(c2ccc(-c3cccc(-n4c5ccccc5c5ccccc54)c3)cc2)c2ccc(-c3cc4ccccc4c4ccccc34)cc2)cc1. The van der Waals surface area contributed by atoms with E-state index in [9.17, 15) is 0 Å². The number of aromatic nitrogens is 1. The average Bonchev–Trinajstić information content (AvgIpc) is 3.56. The molecule has 10 rings (SSSR count). The van der Waals surface area contributed by atoms with Gasteiger partial charge in [-0.15, -0.1) is 0 Å².